The summed E-state index contributed by atoms with van der Waals surface area (Å²) in [6.07, 6.45) is 4.21. The van der Waals surface area contributed by atoms with Crippen molar-refractivity contribution in [1.29, 1.82) is 0 Å². The SMILES string of the molecule is CCn1cc(C(=O)N2C[C@H](c3ccc(F)cc3)[C@H]3[C@@H]2C2CCN3CC2)c(C)n1. The van der Waals surface area contributed by atoms with Crippen LogP contribution in [-0.4, -0.2) is 57.2 Å². The van der Waals surface area contributed by atoms with Crippen molar-refractivity contribution in [1.82, 2.24) is 19.6 Å². The molecule has 148 valence electrons. The van der Waals surface area contributed by atoms with Crippen molar-refractivity contribution in [2.75, 3.05) is 19.6 Å². The number of aryl methyl sites for hydroxylation is 2. The van der Waals surface area contributed by atoms with Gasteiger partial charge in [0.15, 0.2) is 0 Å². The fourth-order valence-electron chi connectivity index (χ4n) is 5.70. The van der Waals surface area contributed by atoms with Gasteiger partial charge < -0.3 is 4.90 Å². The summed E-state index contributed by atoms with van der Waals surface area (Å²) in [6.45, 7) is 7.63. The summed E-state index contributed by atoms with van der Waals surface area (Å²) in [5.41, 5.74) is 2.66. The Morgan fingerprint density at radius 1 is 1.18 bits per heavy atom. The van der Waals surface area contributed by atoms with E-state index in [0.29, 0.717) is 18.5 Å². The molecule has 0 saturated carbocycles. The number of rotatable bonds is 3. The maximum Gasteiger partial charge on any atom is 0.257 e. The van der Waals surface area contributed by atoms with E-state index in [0.717, 1.165) is 49.3 Å². The van der Waals surface area contributed by atoms with E-state index in [2.05, 4.69) is 14.9 Å². The molecular formula is C22H27FN4O. The normalized spacial score (nSPS) is 31.2. The zero-order chi connectivity index (χ0) is 19.4. The smallest absolute Gasteiger partial charge is 0.257 e. The lowest BCUT2D eigenvalue weighted by Gasteiger charge is -2.51. The molecule has 4 aliphatic heterocycles. The molecule has 2 bridgehead atoms. The van der Waals surface area contributed by atoms with Gasteiger partial charge in [0.05, 0.1) is 17.3 Å². The largest absolute Gasteiger partial charge is 0.333 e. The summed E-state index contributed by atoms with van der Waals surface area (Å²) in [7, 11) is 0. The van der Waals surface area contributed by atoms with Gasteiger partial charge in [0, 0.05) is 31.2 Å². The third-order valence-corrected chi connectivity index (χ3v) is 7.05. The van der Waals surface area contributed by atoms with Crippen LogP contribution in [0, 0.1) is 18.7 Å². The molecule has 3 atom stereocenters. The Labute approximate surface area is 165 Å². The highest BCUT2D eigenvalue weighted by Gasteiger charge is 2.54. The molecule has 0 aliphatic carbocycles. The predicted molar refractivity (Wildman–Crippen MR) is 105 cm³/mol. The van der Waals surface area contributed by atoms with E-state index < -0.39 is 0 Å². The van der Waals surface area contributed by atoms with Gasteiger partial charge in [0.25, 0.3) is 5.91 Å². The highest BCUT2D eigenvalue weighted by atomic mass is 19.1. The Morgan fingerprint density at radius 3 is 2.54 bits per heavy atom. The number of fused-ring (bicyclic) bond motifs is 2. The molecular weight excluding hydrogens is 355 g/mol. The van der Waals surface area contributed by atoms with Crippen LogP contribution >= 0.6 is 0 Å². The first kappa shape index (κ1) is 17.9. The van der Waals surface area contributed by atoms with E-state index in [1.165, 1.54) is 0 Å². The van der Waals surface area contributed by atoms with Crippen LogP contribution < -0.4 is 0 Å². The summed E-state index contributed by atoms with van der Waals surface area (Å²) >= 11 is 0. The summed E-state index contributed by atoms with van der Waals surface area (Å²) in [6, 6.07) is 7.46. The Balaban J connectivity index is 1.52. The first-order valence-electron chi connectivity index (χ1n) is 10.4. The third kappa shape index (κ3) is 2.69. The van der Waals surface area contributed by atoms with Gasteiger partial charge in [-0.05, 0) is 63.4 Å². The second-order valence-corrected chi connectivity index (χ2v) is 8.45. The van der Waals surface area contributed by atoms with Crippen molar-refractivity contribution in [3.63, 3.8) is 0 Å². The summed E-state index contributed by atoms with van der Waals surface area (Å²) in [5.74, 6) is 0.690. The number of aromatic nitrogens is 2. The molecule has 5 heterocycles. The number of halogens is 1. The van der Waals surface area contributed by atoms with Crippen LogP contribution in [0.1, 0.15) is 47.3 Å². The zero-order valence-electron chi connectivity index (χ0n) is 16.5. The van der Waals surface area contributed by atoms with Crippen molar-refractivity contribution >= 4 is 5.91 Å². The van der Waals surface area contributed by atoms with Crippen LogP contribution in [0.5, 0.6) is 0 Å². The van der Waals surface area contributed by atoms with Crippen molar-refractivity contribution in [2.24, 2.45) is 5.92 Å². The Kier molecular flexibility index (Phi) is 4.27. The average molecular weight is 382 g/mol. The molecule has 0 N–H and O–H groups in total. The van der Waals surface area contributed by atoms with Crippen molar-refractivity contribution in [2.45, 2.75) is 51.2 Å². The maximum absolute atomic E-state index is 13.6. The summed E-state index contributed by atoms with van der Waals surface area (Å²) in [4.78, 5) is 18.2. The van der Waals surface area contributed by atoms with E-state index in [9.17, 15) is 9.18 Å². The molecule has 2 aromatic rings. The molecule has 0 radical (unpaired) electrons. The highest BCUT2D eigenvalue weighted by molar-refractivity contribution is 5.95. The lowest BCUT2D eigenvalue weighted by atomic mass is 9.75. The van der Waals surface area contributed by atoms with Crippen LogP contribution in [0.4, 0.5) is 4.39 Å². The van der Waals surface area contributed by atoms with Crippen LogP contribution in [-0.2, 0) is 6.54 Å². The number of benzene rings is 1. The topological polar surface area (TPSA) is 41.4 Å². The van der Waals surface area contributed by atoms with Crippen molar-refractivity contribution in [3.05, 3.63) is 53.1 Å². The molecule has 4 fully saturated rings. The van der Waals surface area contributed by atoms with E-state index in [-0.39, 0.29) is 23.7 Å². The lowest BCUT2D eigenvalue weighted by molar-refractivity contribution is -0.00343. The minimum absolute atomic E-state index is 0.102. The number of carbonyl (C=O) groups is 1. The zero-order valence-corrected chi connectivity index (χ0v) is 16.5. The highest BCUT2D eigenvalue weighted by Crippen LogP contribution is 2.47. The Hall–Kier alpha value is -2.21. The van der Waals surface area contributed by atoms with E-state index >= 15 is 0 Å². The molecule has 4 saturated heterocycles. The second kappa shape index (κ2) is 6.69. The molecule has 1 aromatic heterocycles. The van der Waals surface area contributed by atoms with Gasteiger partial charge in [0.2, 0.25) is 0 Å². The number of nitrogens with zero attached hydrogens (tertiary/aromatic N) is 4. The van der Waals surface area contributed by atoms with E-state index in [1.54, 1.807) is 12.1 Å². The Morgan fingerprint density at radius 2 is 1.89 bits per heavy atom. The maximum atomic E-state index is 13.6. The summed E-state index contributed by atoms with van der Waals surface area (Å²) in [5, 5.41) is 4.48. The molecule has 6 rings (SSSR count). The standard InChI is InChI=1S/C22H27FN4O/c1-3-26-12-18(14(2)24-26)22(28)27-13-19(15-4-6-17(23)7-5-15)21-20(27)16-8-10-25(21)11-9-16/h4-7,12,16,19-21H,3,8-11,13H2,1-2H3/t19-,20+,21+/m1/s1. The number of hydrogen-bond donors (Lipinski definition) is 0. The van der Waals surface area contributed by atoms with Crippen LogP contribution in [0.3, 0.4) is 0 Å². The predicted octanol–water partition coefficient (Wildman–Crippen LogP) is 3.05. The molecule has 1 aromatic carbocycles. The van der Waals surface area contributed by atoms with Crippen molar-refractivity contribution < 1.29 is 9.18 Å². The molecule has 5 nitrogen and oxygen atoms in total. The number of carbonyl (C=O) groups excluding carboxylic acids is 1. The van der Waals surface area contributed by atoms with Gasteiger partial charge in [-0.25, -0.2) is 4.39 Å². The average Bonchev–Trinajstić information content (AvgIpc) is 3.31. The first-order valence-corrected chi connectivity index (χ1v) is 10.4. The van der Waals surface area contributed by atoms with E-state index in [1.807, 2.05) is 36.9 Å². The van der Waals surface area contributed by atoms with Gasteiger partial charge in [-0.15, -0.1) is 0 Å². The fourth-order valence-corrected chi connectivity index (χ4v) is 5.70. The monoisotopic (exact) mass is 382 g/mol. The first-order chi connectivity index (χ1) is 13.6. The number of hydrogen-bond acceptors (Lipinski definition) is 3. The van der Waals surface area contributed by atoms with Crippen molar-refractivity contribution in [3.8, 4) is 0 Å². The van der Waals surface area contributed by atoms with Gasteiger partial charge in [-0.2, -0.15) is 5.10 Å². The fraction of sp³-hybridized carbons (Fsp3) is 0.545. The van der Waals surface area contributed by atoms with Gasteiger partial charge in [-0.3, -0.25) is 14.4 Å². The van der Waals surface area contributed by atoms with E-state index in [4.69, 9.17) is 0 Å². The second-order valence-electron chi connectivity index (χ2n) is 8.45. The molecule has 1 amide bonds. The molecule has 4 aliphatic rings. The number of likely N-dealkylation sites (tertiary alicyclic amines) is 1. The van der Waals surface area contributed by atoms with Crippen LogP contribution in [0.2, 0.25) is 0 Å². The third-order valence-electron chi connectivity index (χ3n) is 7.05. The molecule has 6 heteroatoms. The molecule has 0 spiro atoms. The summed E-state index contributed by atoms with van der Waals surface area (Å²) < 4.78 is 15.3. The minimum Gasteiger partial charge on any atom is -0.333 e. The number of piperidine rings is 3. The van der Waals surface area contributed by atoms with Gasteiger partial charge in [0.1, 0.15) is 5.82 Å². The minimum atomic E-state index is -0.209. The van der Waals surface area contributed by atoms with Gasteiger partial charge in [-0.1, -0.05) is 12.1 Å². The quantitative estimate of drug-likeness (QED) is 0.819. The molecule has 28 heavy (non-hydrogen) atoms. The van der Waals surface area contributed by atoms with Gasteiger partial charge >= 0.3 is 0 Å². The number of amides is 1. The molecule has 0 unspecified atom stereocenters. The van der Waals surface area contributed by atoms with Crippen LogP contribution in [0.15, 0.2) is 30.5 Å². The van der Waals surface area contributed by atoms with Crippen LogP contribution in [0.25, 0.3) is 0 Å². The lowest BCUT2D eigenvalue weighted by Crippen LogP contribution is -2.60. The Bertz CT molecular complexity index is 884.